The van der Waals surface area contributed by atoms with E-state index >= 15 is 0 Å². The molecule has 0 spiro atoms. The highest BCUT2D eigenvalue weighted by molar-refractivity contribution is 5.79. The zero-order valence-electron chi connectivity index (χ0n) is 8.06. The lowest BCUT2D eigenvalue weighted by Gasteiger charge is -2.27. The topological polar surface area (TPSA) is 26.3 Å². The van der Waals surface area contributed by atoms with Crippen molar-refractivity contribution in [3.63, 3.8) is 0 Å². The molecule has 0 aromatic carbocycles. The van der Waals surface area contributed by atoms with E-state index < -0.39 is 17.3 Å². The fraction of sp³-hybridized carbons (Fsp3) is 0.889. The van der Waals surface area contributed by atoms with E-state index in [9.17, 15) is 13.6 Å². The summed E-state index contributed by atoms with van der Waals surface area (Å²) >= 11 is 0. The van der Waals surface area contributed by atoms with Crippen LogP contribution in [-0.4, -0.2) is 19.0 Å². The van der Waals surface area contributed by atoms with Crippen LogP contribution in [0.2, 0.25) is 0 Å². The first kappa shape index (κ1) is 10.4. The number of carbonyl (C=O) groups excluding carboxylic acids is 1. The van der Waals surface area contributed by atoms with Crippen molar-refractivity contribution in [1.82, 2.24) is 0 Å². The highest BCUT2D eigenvalue weighted by Gasteiger charge is 2.68. The molecule has 0 bridgehead atoms. The molecule has 4 heteroatoms. The molecule has 13 heavy (non-hydrogen) atoms. The van der Waals surface area contributed by atoms with Gasteiger partial charge in [0.2, 0.25) is 0 Å². The second kappa shape index (κ2) is 2.93. The summed E-state index contributed by atoms with van der Waals surface area (Å²) in [5.41, 5.74) is -1.14. The number of rotatable bonds is 3. The zero-order valence-corrected chi connectivity index (χ0v) is 8.06. The predicted octanol–water partition coefficient (Wildman–Crippen LogP) is 2.23. The molecule has 0 aliphatic heterocycles. The number of methoxy groups -OCH3 is 1. The van der Waals surface area contributed by atoms with Crippen molar-refractivity contribution in [2.45, 2.75) is 32.6 Å². The fourth-order valence-electron chi connectivity index (χ4n) is 1.72. The van der Waals surface area contributed by atoms with Crippen molar-refractivity contribution in [1.29, 1.82) is 0 Å². The van der Waals surface area contributed by atoms with Crippen LogP contribution in [0, 0.1) is 11.3 Å². The summed E-state index contributed by atoms with van der Waals surface area (Å²) < 4.78 is 31.0. The molecule has 2 nitrogen and oxygen atoms in total. The van der Waals surface area contributed by atoms with Gasteiger partial charge in [-0.3, -0.25) is 0 Å². The maximum atomic E-state index is 13.4. The first-order valence-electron chi connectivity index (χ1n) is 4.34. The summed E-state index contributed by atoms with van der Waals surface area (Å²) in [6.07, 6.45) is 0.819. The van der Waals surface area contributed by atoms with E-state index in [1.165, 1.54) is 0 Å². The van der Waals surface area contributed by atoms with Gasteiger partial charge >= 0.3 is 11.9 Å². The predicted molar refractivity (Wildman–Crippen MR) is 43.5 cm³/mol. The molecule has 0 N–H and O–H groups in total. The molecular weight excluding hydrogens is 178 g/mol. The number of ether oxygens (including phenoxy) is 1. The second-order valence-electron chi connectivity index (χ2n) is 3.88. The van der Waals surface area contributed by atoms with E-state index in [0.717, 1.165) is 7.11 Å². The minimum absolute atomic E-state index is 0.193. The van der Waals surface area contributed by atoms with Gasteiger partial charge in [0.25, 0.3) is 0 Å². The van der Waals surface area contributed by atoms with Gasteiger partial charge in [-0.1, -0.05) is 13.8 Å². The summed E-state index contributed by atoms with van der Waals surface area (Å²) in [5, 5.41) is 0. The van der Waals surface area contributed by atoms with Gasteiger partial charge in [0.05, 0.1) is 7.11 Å². The number of hydrogen-bond acceptors (Lipinski definition) is 2. The first-order chi connectivity index (χ1) is 5.88. The van der Waals surface area contributed by atoms with Gasteiger partial charge in [0, 0.05) is 5.41 Å². The Morgan fingerprint density at radius 3 is 2.15 bits per heavy atom. The van der Waals surface area contributed by atoms with E-state index in [4.69, 9.17) is 0 Å². The lowest BCUT2D eigenvalue weighted by Crippen LogP contribution is -2.42. The van der Waals surface area contributed by atoms with E-state index in [1.807, 2.05) is 0 Å². The first-order valence-corrected chi connectivity index (χ1v) is 4.34. The van der Waals surface area contributed by atoms with E-state index in [-0.39, 0.29) is 5.92 Å². The van der Waals surface area contributed by atoms with Crippen LogP contribution in [0.3, 0.4) is 0 Å². The molecule has 0 atom stereocenters. The van der Waals surface area contributed by atoms with Crippen LogP contribution >= 0.6 is 0 Å². The van der Waals surface area contributed by atoms with Gasteiger partial charge in [-0.15, -0.1) is 0 Å². The van der Waals surface area contributed by atoms with E-state index in [0.29, 0.717) is 12.8 Å². The van der Waals surface area contributed by atoms with Crippen molar-refractivity contribution < 1.29 is 18.3 Å². The quantitative estimate of drug-likeness (QED) is 0.641. The monoisotopic (exact) mass is 192 g/mol. The molecular formula is C9H14F2O2. The van der Waals surface area contributed by atoms with Crippen LogP contribution in [0.15, 0.2) is 0 Å². The molecule has 0 saturated heterocycles. The van der Waals surface area contributed by atoms with Gasteiger partial charge in [0.1, 0.15) is 0 Å². The summed E-state index contributed by atoms with van der Waals surface area (Å²) in [7, 11) is 0.993. The zero-order chi connectivity index (χ0) is 10.3. The molecule has 1 aliphatic carbocycles. The van der Waals surface area contributed by atoms with Crippen molar-refractivity contribution in [3.8, 4) is 0 Å². The Hall–Kier alpha value is -0.670. The summed E-state index contributed by atoms with van der Waals surface area (Å²) in [6.45, 7) is 3.42. The minimum Gasteiger partial charge on any atom is -0.465 e. The molecule has 1 aliphatic rings. The Labute approximate surface area is 76.3 Å². The number of esters is 1. The molecule has 0 unspecified atom stereocenters. The third kappa shape index (κ3) is 1.32. The van der Waals surface area contributed by atoms with Gasteiger partial charge < -0.3 is 4.74 Å². The number of carbonyl (C=O) groups is 1. The third-order valence-corrected chi connectivity index (χ3v) is 2.96. The summed E-state index contributed by atoms with van der Waals surface area (Å²) in [6, 6.07) is 0. The van der Waals surface area contributed by atoms with E-state index in [1.54, 1.807) is 13.8 Å². The van der Waals surface area contributed by atoms with Gasteiger partial charge in [-0.25, -0.2) is 4.79 Å². The largest absolute Gasteiger partial charge is 0.465 e. The van der Waals surface area contributed by atoms with Crippen molar-refractivity contribution >= 4 is 5.97 Å². The fourth-order valence-corrected chi connectivity index (χ4v) is 1.72. The van der Waals surface area contributed by atoms with Gasteiger partial charge in [-0.05, 0) is 18.8 Å². The molecule has 76 valence electrons. The standard InChI is InChI=1S/C9H14F2O2/c1-6(2)8(4-5-8)9(10,11)7(12)13-3/h6H,4-5H2,1-3H3. The molecule has 0 aromatic rings. The van der Waals surface area contributed by atoms with Crippen molar-refractivity contribution in [2.24, 2.45) is 11.3 Å². The number of halogens is 2. The smallest absolute Gasteiger partial charge is 0.377 e. The molecule has 0 radical (unpaired) electrons. The van der Waals surface area contributed by atoms with Crippen molar-refractivity contribution in [3.05, 3.63) is 0 Å². The Balaban J connectivity index is 2.86. The molecule has 1 fully saturated rings. The van der Waals surface area contributed by atoms with Crippen LogP contribution < -0.4 is 0 Å². The minimum atomic E-state index is -3.32. The molecule has 0 amide bonds. The highest BCUT2D eigenvalue weighted by Crippen LogP contribution is 2.61. The van der Waals surface area contributed by atoms with Gasteiger partial charge in [-0.2, -0.15) is 8.78 Å². The summed E-state index contributed by atoms with van der Waals surface area (Å²) in [5.74, 6) is -4.92. The molecule has 0 aromatic heterocycles. The maximum Gasteiger partial charge on any atom is 0.377 e. The normalized spacial score (nSPS) is 20.2. The average molecular weight is 192 g/mol. The lowest BCUT2D eigenvalue weighted by atomic mass is 9.86. The van der Waals surface area contributed by atoms with Crippen LogP contribution in [0.5, 0.6) is 0 Å². The van der Waals surface area contributed by atoms with Gasteiger partial charge in [0.15, 0.2) is 0 Å². The van der Waals surface area contributed by atoms with Crippen LogP contribution in [-0.2, 0) is 9.53 Å². The second-order valence-corrected chi connectivity index (χ2v) is 3.88. The van der Waals surface area contributed by atoms with E-state index in [2.05, 4.69) is 4.74 Å². The molecule has 0 heterocycles. The highest BCUT2D eigenvalue weighted by atomic mass is 19.3. The lowest BCUT2D eigenvalue weighted by molar-refractivity contribution is -0.184. The average Bonchev–Trinajstić information content (AvgIpc) is 2.82. The Kier molecular flexibility index (Phi) is 2.34. The molecule has 1 saturated carbocycles. The Bertz CT molecular complexity index is 220. The SMILES string of the molecule is COC(=O)C(F)(F)C1(C(C)C)CC1. The molecule has 1 rings (SSSR count). The Morgan fingerprint density at radius 1 is 1.46 bits per heavy atom. The maximum absolute atomic E-state index is 13.4. The summed E-state index contributed by atoms with van der Waals surface area (Å²) in [4.78, 5) is 10.9. The number of hydrogen-bond donors (Lipinski definition) is 0. The van der Waals surface area contributed by atoms with Crippen LogP contribution in [0.1, 0.15) is 26.7 Å². The third-order valence-electron chi connectivity index (χ3n) is 2.96. The Morgan fingerprint density at radius 2 is 1.92 bits per heavy atom. The van der Waals surface area contributed by atoms with Crippen molar-refractivity contribution in [2.75, 3.05) is 7.11 Å². The van der Waals surface area contributed by atoms with Crippen LogP contribution in [0.25, 0.3) is 0 Å². The van der Waals surface area contributed by atoms with Crippen LogP contribution in [0.4, 0.5) is 8.78 Å². The number of alkyl halides is 2.